The van der Waals surface area contributed by atoms with Crippen molar-refractivity contribution in [3.8, 4) is 0 Å². The molecule has 2 aliphatic carbocycles. The Labute approximate surface area is 124 Å². The molecular formula is C19H29N. The van der Waals surface area contributed by atoms with Crippen molar-refractivity contribution in [1.82, 2.24) is 5.32 Å². The molecule has 0 amide bonds. The van der Waals surface area contributed by atoms with Crippen LogP contribution in [0.2, 0.25) is 0 Å². The Morgan fingerprint density at radius 2 is 1.80 bits per heavy atom. The van der Waals surface area contributed by atoms with Gasteiger partial charge in [0.1, 0.15) is 0 Å². The maximum absolute atomic E-state index is 3.86. The quantitative estimate of drug-likeness (QED) is 0.793. The summed E-state index contributed by atoms with van der Waals surface area (Å²) in [7, 11) is 0. The highest BCUT2D eigenvalue weighted by Gasteiger charge is 2.42. The van der Waals surface area contributed by atoms with Crippen molar-refractivity contribution in [2.45, 2.75) is 69.7 Å². The summed E-state index contributed by atoms with van der Waals surface area (Å²) in [6.45, 7) is 3.37. The molecule has 0 saturated heterocycles. The van der Waals surface area contributed by atoms with Crippen molar-refractivity contribution in [2.24, 2.45) is 5.92 Å². The van der Waals surface area contributed by atoms with Crippen LogP contribution in [0.25, 0.3) is 0 Å². The van der Waals surface area contributed by atoms with Gasteiger partial charge in [0, 0.05) is 11.5 Å². The van der Waals surface area contributed by atoms with E-state index in [2.05, 4.69) is 42.6 Å². The van der Waals surface area contributed by atoms with Gasteiger partial charge in [-0.05, 0) is 37.3 Å². The molecule has 2 aliphatic rings. The van der Waals surface area contributed by atoms with E-state index in [0.29, 0.717) is 11.5 Å². The van der Waals surface area contributed by atoms with E-state index in [1.165, 1.54) is 51.4 Å². The van der Waals surface area contributed by atoms with Crippen molar-refractivity contribution in [2.75, 3.05) is 6.54 Å². The third-order valence-corrected chi connectivity index (χ3v) is 5.48. The molecule has 0 spiro atoms. The predicted octanol–water partition coefficient (Wildman–Crippen LogP) is 4.67. The van der Waals surface area contributed by atoms with Gasteiger partial charge in [0.25, 0.3) is 0 Å². The van der Waals surface area contributed by atoms with Gasteiger partial charge in [-0.25, -0.2) is 0 Å². The summed E-state index contributed by atoms with van der Waals surface area (Å²) in [5.74, 6) is 1.00. The molecule has 3 rings (SSSR count). The zero-order valence-corrected chi connectivity index (χ0v) is 12.9. The standard InChI is InChI=1S/C19H29N/c1-2-20-18(15-16-11-12-16)19(13-7-4-8-14-19)17-9-5-3-6-10-17/h3,5-6,9-10,16,18,20H,2,4,7-8,11-15H2,1H3. The van der Waals surface area contributed by atoms with E-state index in [-0.39, 0.29) is 0 Å². The van der Waals surface area contributed by atoms with Crippen LogP contribution >= 0.6 is 0 Å². The first-order valence-corrected chi connectivity index (χ1v) is 8.64. The normalized spacial score (nSPS) is 23.4. The summed E-state index contributed by atoms with van der Waals surface area (Å²) >= 11 is 0. The first kappa shape index (κ1) is 14.1. The average Bonchev–Trinajstić information content (AvgIpc) is 3.33. The van der Waals surface area contributed by atoms with Crippen molar-refractivity contribution >= 4 is 0 Å². The second kappa shape index (κ2) is 6.30. The van der Waals surface area contributed by atoms with Gasteiger partial charge >= 0.3 is 0 Å². The van der Waals surface area contributed by atoms with E-state index in [4.69, 9.17) is 0 Å². The fraction of sp³-hybridized carbons (Fsp3) is 0.684. The van der Waals surface area contributed by atoms with Crippen LogP contribution in [-0.4, -0.2) is 12.6 Å². The van der Waals surface area contributed by atoms with Crippen LogP contribution in [0.5, 0.6) is 0 Å². The molecule has 1 heteroatoms. The monoisotopic (exact) mass is 271 g/mol. The fourth-order valence-electron chi connectivity index (χ4n) is 4.23. The number of hydrogen-bond acceptors (Lipinski definition) is 1. The lowest BCUT2D eigenvalue weighted by molar-refractivity contribution is 0.200. The molecule has 0 heterocycles. The van der Waals surface area contributed by atoms with Gasteiger partial charge in [-0.3, -0.25) is 0 Å². The minimum absolute atomic E-state index is 0.401. The Balaban J connectivity index is 1.89. The molecule has 2 saturated carbocycles. The molecular weight excluding hydrogens is 242 g/mol. The summed E-state index contributed by atoms with van der Waals surface area (Å²) in [4.78, 5) is 0. The SMILES string of the molecule is CCNC(CC1CC1)C1(c2ccccc2)CCCCC1. The van der Waals surface area contributed by atoms with Gasteiger partial charge in [0.15, 0.2) is 0 Å². The lowest BCUT2D eigenvalue weighted by atomic mass is 9.63. The second-order valence-corrected chi connectivity index (χ2v) is 6.87. The molecule has 2 fully saturated rings. The Bertz CT molecular complexity index is 401. The fourth-order valence-corrected chi connectivity index (χ4v) is 4.23. The number of likely N-dealkylation sites (N-methyl/N-ethyl adjacent to an activating group) is 1. The molecule has 1 aromatic carbocycles. The summed E-state index contributed by atoms with van der Waals surface area (Å²) in [5.41, 5.74) is 1.99. The van der Waals surface area contributed by atoms with E-state index >= 15 is 0 Å². The molecule has 0 radical (unpaired) electrons. The summed E-state index contributed by atoms with van der Waals surface area (Å²) in [6.07, 6.45) is 11.3. The van der Waals surface area contributed by atoms with Crippen molar-refractivity contribution in [1.29, 1.82) is 0 Å². The van der Waals surface area contributed by atoms with Gasteiger partial charge in [-0.1, -0.05) is 69.4 Å². The van der Waals surface area contributed by atoms with Gasteiger partial charge in [-0.2, -0.15) is 0 Å². The Morgan fingerprint density at radius 1 is 1.10 bits per heavy atom. The van der Waals surface area contributed by atoms with E-state index in [0.717, 1.165) is 12.5 Å². The smallest absolute Gasteiger partial charge is 0.0166 e. The largest absolute Gasteiger partial charge is 0.313 e. The molecule has 110 valence electrons. The molecule has 20 heavy (non-hydrogen) atoms. The van der Waals surface area contributed by atoms with Crippen molar-refractivity contribution in [3.05, 3.63) is 35.9 Å². The lowest BCUT2D eigenvalue weighted by Gasteiger charge is -2.45. The number of rotatable bonds is 6. The molecule has 0 aliphatic heterocycles. The zero-order valence-electron chi connectivity index (χ0n) is 12.9. The van der Waals surface area contributed by atoms with E-state index in [9.17, 15) is 0 Å². The highest BCUT2D eigenvalue weighted by molar-refractivity contribution is 5.29. The first-order chi connectivity index (χ1) is 9.85. The van der Waals surface area contributed by atoms with Crippen LogP contribution in [0.1, 0.15) is 63.9 Å². The van der Waals surface area contributed by atoms with Crippen LogP contribution in [0.15, 0.2) is 30.3 Å². The van der Waals surface area contributed by atoms with Crippen LogP contribution in [-0.2, 0) is 5.41 Å². The van der Waals surface area contributed by atoms with Gasteiger partial charge in [0.2, 0.25) is 0 Å². The van der Waals surface area contributed by atoms with Crippen molar-refractivity contribution in [3.63, 3.8) is 0 Å². The number of benzene rings is 1. The lowest BCUT2D eigenvalue weighted by Crippen LogP contribution is -2.50. The third-order valence-electron chi connectivity index (χ3n) is 5.48. The van der Waals surface area contributed by atoms with Crippen LogP contribution in [0.3, 0.4) is 0 Å². The summed E-state index contributed by atoms with van der Waals surface area (Å²) in [5, 5.41) is 3.86. The Hall–Kier alpha value is -0.820. The van der Waals surface area contributed by atoms with Gasteiger partial charge < -0.3 is 5.32 Å². The molecule has 1 unspecified atom stereocenters. The van der Waals surface area contributed by atoms with E-state index in [1.807, 2.05) is 0 Å². The van der Waals surface area contributed by atoms with Gasteiger partial charge in [-0.15, -0.1) is 0 Å². The average molecular weight is 271 g/mol. The van der Waals surface area contributed by atoms with Gasteiger partial charge in [0.05, 0.1) is 0 Å². The third kappa shape index (κ3) is 2.93. The summed E-state index contributed by atoms with van der Waals surface area (Å²) in [6, 6.07) is 12.1. The predicted molar refractivity (Wildman–Crippen MR) is 86.0 cm³/mol. The van der Waals surface area contributed by atoms with Crippen molar-refractivity contribution < 1.29 is 0 Å². The van der Waals surface area contributed by atoms with Crippen LogP contribution < -0.4 is 5.32 Å². The zero-order chi connectivity index (χ0) is 13.8. The minimum atomic E-state index is 0.401. The van der Waals surface area contributed by atoms with E-state index < -0.39 is 0 Å². The highest BCUT2D eigenvalue weighted by Crippen LogP contribution is 2.46. The highest BCUT2D eigenvalue weighted by atomic mass is 14.9. The molecule has 1 aromatic rings. The molecule has 1 atom stereocenters. The first-order valence-electron chi connectivity index (χ1n) is 8.64. The second-order valence-electron chi connectivity index (χ2n) is 6.87. The number of nitrogens with one attached hydrogen (secondary N) is 1. The Kier molecular flexibility index (Phi) is 4.45. The maximum Gasteiger partial charge on any atom is 0.0166 e. The number of hydrogen-bond donors (Lipinski definition) is 1. The maximum atomic E-state index is 3.86. The van der Waals surface area contributed by atoms with E-state index in [1.54, 1.807) is 5.56 Å². The topological polar surface area (TPSA) is 12.0 Å². The Morgan fingerprint density at radius 3 is 2.40 bits per heavy atom. The summed E-state index contributed by atoms with van der Waals surface area (Å²) < 4.78 is 0. The molecule has 1 nitrogen and oxygen atoms in total. The van der Waals surface area contributed by atoms with Crippen LogP contribution in [0, 0.1) is 5.92 Å². The molecule has 0 aromatic heterocycles. The molecule has 1 N–H and O–H groups in total. The minimum Gasteiger partial charge on any atom is -0.313 e. The van der Waals surface area contributed by atoms with Crippen LogP contribution in [0.4, 0.5) is 0 Å². The molecule has 0 bridgehead atoms.